The van der Waals surface area contributed by atoms with Crippen LogP contribution in [0.15, 0.2) is 23.2 Å². The molecule has 2 N–H and O–H groups in total. The molecule has 1 aliphatic rings. The van der Waals surface area contributed by atoms with Crippen molar-refractivity contribution in [2.75, 3.05) is 44.7 Å². The zero-order valence-electron chi connectivity index (χ0n) is 13.4. The number of nitrogens with one attached hydrogen (secondary N) is 2. The number of likely N-dealkylation sites (N-methyl/N-ethyl adjacent to an activating group) is 1. The van der Waals surface area contributed by atoms with Crippen LogP contribution >= 0.6 is 0 Å². The molecule has 128 valence electrons. The van der Waals surface area contributed by atoms with Gasteiger partial charge in [0.25, 0.3) is 10.0 Å². The van der Waals surface area contributed by atoms with Gasteiger partial charge in [-0.2, -0.15) is 0 Å². The standard InChI is InChI=1S/C14H23N5O3S/c1-3-6-16-14(20)17-23(21,22)12-5-4-7-15-13(12)19-10-8-18(2)9-11-19/h4-5,7H,3,6,8-11H2,1-2H3,(H2,16,17,20). The van der Waals surface area contributed by atoms with Crippen molar-refractivity contribution >= 4 is 21.9 Å². The fourth-order valence-corrected chi connectivity index (χ4v) is 3.41. The summed E-state index contributed by atoms with van der Waals surface area (Å²) in [5.74, 6) is 0.386. The Balaban J connectivity index is 2.20. The molecule has 0 atom stereocenters. The number of piperazine rings is 1. The Morgan fingerprint density at radius 1 is 1.30 bits per heavy atom. The van der Waals surface area contributed by atoms with Gasteiger partial charge in [0.2, 0.25) is 0 Å². The number of aromatic nitrogens is 1. The van der Waals surface area contributed by atoms with E-state index in [0.717, 1.165) is 19.5 Å². The Hall–Kier alpha value is -1.87. The number of rotatable bonds is 5. The molecule has 1 aromatic rings. The Morgan fingerprint density at radius 3 is 2.65 bits per heavy atom. The van der Waals surface area contributed by atoms with E-state index in [1.54, 1.807) is 12.3 Å². The number of amides is 2. The number of carbonyl (C=O) groups excluding carboxylic acids is 1. The van der Waals surface area contributed by atoms with Crippen molar-refractivity contribution in [3.05, 3.63) is 18.3 Å². The number of carbonyl (C=O) groups is 1. The van der Waals surface area contributed by atoms with Crippen LogP contribution in [-0.2, 0) is 10.0 Å². The lowest BCUT2D eigenvalue weighted by Crippen LogP contribution is -2.46. The molecule has 0 spiro atoms. The van der Waals surface area contributed by atoms with E-state index >= 15 is 0 Å². The molecular weight excluding hydrogens is 318 g/mol. The molecule has 1 aromatic heterocycles. The minimum absolute atomic E-state index is 0.0243. The molecule has 0 aliphatic carbocycles. The van der Waals surface area contributed by atoms with E-state index in [0.29, 0.717) is 25.5 Å². The van der Waals surface area contributed by atoms with Gasteiger partial charge in [0.1, 0.15) is 10.7 Å². The number of hydrogen-bond acceptors (Lipinski definition) is 6. The third kappa shape index (κ3) is 4.55. The van der Waals surface area contributed by atoms with Crippen molar-refractivity contribution < 1.29 is 13.2 Å². The Bertz CT molecular complexity index is 642. The van der Waals surface area contributed by atoms with Gasteiger partial charge in [-0.1, -0.05) is 6.92 Å². The number of nitrogens with zero attached hydrogens (tertiary/aromatic N) is 3. The van der Waals surface area contributed by atoms with Crippen molar-refractivity contribution in [3.8, 4) is 0 Å². The monoisotopic (exact) mass is 341 g/mol. The minimum atomic E-state index is -3.96. The molecule has 0 saturated carbocycles. The maximum absolute atomic E-state index is 12.5. The summed E-state index contributed by atoms with van der Waals surface area (Å²) in [7, 11) is -1.94. The first-order valence-corrected chi connectivity index (χ1v) is 9.11. The quantitative estimate of drug-likeness (QED) is 0.796. The second-order valence-corrected chi connectivity index (χ2v) is 7.13. The van der Waals surface area contributed by atoms with Gasteiger partial charge in [-0.3, -0.25) is 0 Å². The Morgan fingerprint density at radius 2 is 2.00 bits per heavy atom. The number of urea groups is 1. The van der Waals surface area contributed by atoms with Crippen molar-refractivity contribution in [2.45, 2.75) is 18.2 Å². The Kier molecular flexibility index (Phi) is 5.78. The first-order valence-electron chi connectivity index (χ1n) is 7.63. The maximum Gasteiger partial charge on any atom is 0.328 e. The third-order valence-corrected chi connectivity index (χ3v) is 4.96. The van der Waals surface area contributed by atoms with Crippen LogP contribution in [0.25, 0.3) is 0 Å². The first-order chi connectivity index (χ1) is 10.9. The lowest BCUT2D eigenvalue weighted by molar-refractivity contribution is 0.246. The van der Waals surface area contributed by atoms with E-state index < -0.39 is 16.1 Å². The predicted molar refractivity (Wildman–Crippen MR) is 88.0 cm³/mol. The number of sulfonamides is 1. The summed E-state index contributed by atoms with van der Waals surface area (Å²) in [6, 6.07) is 2.30. The van der Waals surface area contributed by atoms with Gasteiger partial charge >= 0.3 is 6.03 Å². The number of anilines is 1. The summed E-state index contributed by atoms with van der Waals surface area (Å²) >= 11 is 0. The minimum Gasteiger partial charge on any atom is -0.353 e. The number of pyridine rings is 1. The molecule has 8 nitrogen and oxygen atoms in total. The summed E-state index contributed by atoms with van der Waals surface area (Å²) in [4.78, 5) is 20.0. The SMILES string of the molecule is CCCNC(=O)NS(=O)(=O)c1cccnc1N1CCN(C)CC1. The first kappa shape index (κ1) is 17.5. The fraction of sp³-hybridized carbons (Fsp3) is 0.571. The topological polar surface area (TPSA) is 94.6 Å². The van der Waals surface area contributed by atoms with Gasteiger partial charge in [-0.05, 0) is 25.6 Å². The molecule has 23 heavy (non-hydrogen) atoms. The summed E-state index contributed by atoms with van der Waals surface area (Å²) in [5.41, 5.74) is 0. The largest absolute Gasteiger partial charge is 0.353 e. The van der Waals surface area contributed by atoms with E-state index in [4.69, 9.17) is 0 Å². The predicted octanol–water partition coefficient (Wildman–Crippen LogP) is 0.231. The van der Waals surface area contributed by atoms with Crippen LogP contribution in [0.3, 0.4) is 0 Å². The second-order valence-electron chi connectivity index (χ2n) is 5.48. The molecule has 2 rings (SSSR count). The zero-order chi connectivity index (χ0) is 16.9. The molecule has 0 aromatic carbocycles. The summed E-state index contributed by atoms with van der Waals surface area (Å²) < 4.78 is 27.0. The van der Waals surface area contributed by atoms with E-state index in [2.05, 4.69) is 15.2 Å². The van der Waals surface area contributed by atoms with Crippen LogP contribution in [0, 0.1) is 0 Å². The molecule has 0 bridgehead atoms. The average molecular weight is 341 g/mol. The van der Waals surface area contributed by atoms with Crippen molar-refractivity contribution in [2.24, 2.45) is 0 Å². The highest BCUT2D eigenvalue weighted by Crippen LogP contribution is 2.23. The van der Waals surface area contributed by atoms with Crippen LogP contribution in [0.1, 0.15) is 13.3 Å². The van der Waals surface area contributed by atoms with Crippen LogP contribution < -0.4 is 14.9 Å². The van der Waals surface area contributed by atoms with E-state index in [-0.39, 0.29) is 4.90 Å². The van der Waals surface area contributed by atoms with Gasteiger partial charge in [-0.15, -0.1) is 0 Å². The molecule has 2 amide bonds. The van der Waals surface area contributed by atoms with Crippen LogP contribution in [0.4, 0.5) is 10.6 Å². The van der Waals surface area contributed by atoms with Crippen LogP contribution in [0.5, 0.6) is 0 Å². The van der Waals surface area contributed by atoms with Gasteiger partial charge < -0.3 is 15.1 Å². The van der Waals surface area contributed by atoms with E-state index in [1.807, 2.05) is 23.6 Å². The van der Waals surface area contributed by atoms with Gasteiger partial charge in [0.15, 0.2) is 0 Å². The normalized spacial score (nSPS) is 16.2. The zero-order valence-corrected chi connectivity index (χ0v) is 14.3. The Labute approximate surface area is 136 Å². The van der Waals surface area contributed by atoms with Crippen molar-refractivity contribution in [1.29, 1.82) is 0 Å². The van der Waals surface area contributed by atoms with Crippen LogP contribution in [-0.4, -0.2) is 64.1 Å². The second kappa shape index (κ2) is 7.60. The van der Waals surface area contributed by atoms with Crippen molar-refractivity contribution in [1.82, 2.24) is 19.9 Å². The highest BCUT2D eigenvalue weighted by atomic mass is 32.2. The van der Waals surface area contributed by atoms with Crippen LogP contribution in [0.2, 0.25) is 0 Å². The van der Waals surface area contributed by atoms with Gasteiger partial charge in [-0.25, -0.2) is 22.9 Å². The molecule has 0 unspecified atom stereocenters. The third-order valence-electron chi connectivity index (χ3n) is 3.61. The molecular formula is C14H23N5O3S. The highest BCUT2D eigenvalue weighted by Gasteiger charge is 2.26. The summed E-state index contributed by atoms with van der Waals surface area (Å²) in [6.07, 6.45) is 2.29. The van der Waals surface area contributed by atoms with E-state index in [9.17, 15) is 13.2 Å². The lowest BCUT2D eigenvalue weighted by atomic mass is 10.3. The van der Waals surface area contributed by atoms with Gasteiger partial charge in [0.05, 0.1) is 0 Å². The van der Waals surface area contributed by atoms with Crippen molar-refractivity contribution in [3.63, 3.8) is 0 Å². The number of hydrogen-bond donors (Lipinski definition) is 2. The molecule has 1 saturated heterocycles. The smallest absolute Gasteiger partial charge is 0.328 e. The maximum atomic E-state index is 12.5. The fourth-order valence-electron chi connectivity index (χ4n) is 2.30. The van der Waals surface area contributed by atoms with Gasteiger partial charge in [0, 0.05) is 38.9 Å². The highest BCUT2D eigenvalue weighted by molar-refractivity contribution is 7.90. The molecule has 2 heterocycles. The molecule has 9 heteroatoms. The lowest BCUT2D eigenvalue weighted by Gasteiger charge is -2.33. The molecule has 1 aliphatic heterocycles. The molecule has 0 radical (unpaired) electrons. The van der Waals surface area contributed by atoms with E-state index in [1.165, 1.54) is 6.07 Å². The summed E-state index contributed by atoms with van der Waals surface area (Å²) in [5, 5.41) is 2.49. The summed E-state index contributed by atoms with van der Waals surface area (Å²) in [6.45, 7) is 5.36. The average Bonchev–Trinajstić information content (AvgIpc) is 2.53. The molecule has 1 fully saturated rings.